The number of sulfone groups is 1. The normalized spacial score (nSPS) is 15.5. The summed E-state index contributed by atoms with van der Waals surface area (Å²) in [5.41, 5.74) is -0.551. The number of benzene rings is 1. The zero-order chi connectivity index (χ0) is 14.2. The number of alkyl halides is 2. The molecule has 1 N–H and O–H groups in total. The summed E-state index contributed by atoms with van der Waals surface area (Å²) in [7, 11) is -3.71. The highest BCUT2D eigenvalue weighted by molar-refractivity contribution is 7.92. The Bertz CT molecular complexity index is 608. The molecule has 5 nitrogen and oxygen atoms in total. The van der Waals surface area contributed by atoms with Gasteiger partial charge in [-0.2, -0.15) is 8.78 Å². The first-order chi connectivity index (χ1) is 8.82. The maximum absolute atomic E-state index is 12.0. The van der Waals surface area contributed by atoms with Crippen LogP contribution in [0.4, 0.5) is 8.78 Å². The molecule has 0 saturated heterocycles. The summed E-state index contributed by atoms with van der Waals surface area (Å²) in [6, 6.07) is 2.81. The number of carboxylic acids is 1. The van der Waals surface area contributed by atoms with Gasteiger partial charge in [0.1, 0.15) is 5.75 Å². The number of carbonyl (C=O) groups is 1. The van der Waals surface area contributed by atoms with Gasteiger partial charge in [0.2, 0.25) is 0 Å². The van der Waals surface area contributed by atoms with Gasteiger partial charge in [0.05, 0.1) is 15.7 Å². The monoisotopic (exact) mass is 292 g/mol. The van der Waals surface area contributed by atoms with E-state index in [0.29, 0.717) is 12.8 Å². The lowest BCUT2D eigenvalue weighted by Gasteiger charge is -2.10. The second-order valence-corrected chi connectivity index (χ2v) is 6.28. The third-order valence-electron chi connectivity index (χ3n) is 2.68. The van der Waals surface area contributed by atoms with Crippen LogP contribution < -0.4 is 4.74 Å². The van der Waals surface area contributed by atoms with Crippen LogP contribution in [-0.4, -0.2) is 31.4 Å². The summed E-state index contributed by atoms with van der Waals surface area (Å²) in [6.45, 7) is -3.10. The lowest BCUT2D eigenvalue weighted by molar-refractivity contribution is -0.0499. The van der Waals surface area contributed by atoms with Gasteiger partial charge in [0.15, 0.2) is 9.84 Å². The van der Waals surface area contributed by atoms with Gasteiger partial charge < -0.3 is 9.84 Å². The van der Waals surface area contributed by atoms with E-state index in [2.05, 4.69) is 4.74 Å². The van der Waals surface area contributed by atoms with Crippen molar-refractivity contribution in [3.8, 4) is 5.75 Å². The summed E-state index contributed by atoms with van der Waals surface area (Å²) in [5.74, 6) is -1.89. The molecule has 0 unspecified atom stereocenters. The van der Waals surface area contributed by atoms with Crippen LogP contribution in [0, 0.1) is 0 Å². The van der Waals surface area contributed by atoms with E-state index in [-0.39, 0.29) is 10.6 Å². The van der Waals surface area contributed by atoms with E-state index in [9.17, 15) is 22.0 Å². The van der Waals surface area contributed by atoms with Gasteiger partial charge in [-0.15, -0.1) is 0 Å². The standard InChI is InChI=1S/C11H10F2O5S/c12-11(13)18-6-1-4-9(8(5-6)10(14)15)19(16,17)7-2-3-7/h1,4-5,7,11H,2-3H2,(H,14,15). The minimum Gasteiger partial charge on any atom is -0.478 e. The highest BCUT2D eigenvalue weighted by Crippen LogP contribution is 2.36. The highest BCUT2D eigenvalue weighted by atomic mass is 32.2. The molecule has 0 aliphatic heterocycles. The summed E-state index contributed by atoms with van der Waals surface area (Å²) in [4.78, 5) is 10.7. The van der Waals surface area contributed by atoms with Crippen molar-refractivity contribution in [1.82, 2.24) is 0 Å². The molecule has 1 aromatic carbocycles. The van der Waals surface area contributed by atoms with Crippen LogP contribution in [0.3, 0.4) is 0 Å². The zero-order valence-corrected chi connectivity index (χ0v) is 10.4. The second kappa shape index (κ2) is 4.76. The Morgan fingerprint density at radius 3 is 2.47 bits per heavy atom. The fourth-order valence-electron chi connectivity index (χ4n) is 1.66. The van der Waals surface area contributed by atoms with Crippen molar-refractivity contribution in [2.45, 2.75) is 29.6 Å². The Morgan fingerprint density at radius 2 is 2.00 bits per heavy atom. The quantitative estimate of drug-likeness (QED) is 0.896. The minimum absolute atomic E-state index is 0.357. The van der Waals surface area contributed by atoms with Crippen LogP contribution in [0.15, 0.2) is 23.1 Å². The smallest absolute Gasteiger partial charge is 0.387 e. The summed E-state index contributed by atoms with van der Waals surface area (Å²) in [6.07, 6.45) is 0.966. The molecule has 0 atom stereocenters. The largest absolute Gasteiger partial charge is 0.478 e. The average Bonchev–Trinajstić information content (AvgIpc) is 3.11. The predicted octanol–water partition coefficient (Wildman–Crippen LogP) is 1.92. The molecule has 0 bridgehead atoms. The molecule has 0 spiro atoms. The molecule has 0 radical (unpaired) electrons. The van der Waals surface area contributed by atoms with Gasteiger partial charge in [-0.3, -0.25) is 0 Å². The fraction of sp³-hybridized carbons (Fsp3) is 0.364. The average molecular weight is 292 g/mol. The third kappa shape index (κ3) is 2.83. The van der Waals surface area contributed by atoms with Gasteiger partial charge in [-0.1, -0.05) is 0 Å². The number of hydrogen-bond acceptors (Lipinski definition) is 4. The lowest BCUT2D eigenvalue weighted by Crippen LogP contribution is -2.13. The number of rotatable bonds is 5. The highest BCUT2D eigenvalue weighted by Gasteiger charge is 2.39. The molecule has 0 amide bonds. The maximum atomic E-state index is 12.0. The molecule has 8 heteroatoms. The van der Waals surface area contributed by atoms with Crippen molar-refractivity contribution < 1.29 is 31.8 Å². The Balaban J connectivity index is 2.47. The topological polar surface area (TPSA) is 80.7 Å². The molecule has 0 aromatic heterocycles. The minimum atomic E-state index is -3.71. The van der Waals surface area contributed by atoms with Crippen molar-refractivity contribution in [2.75, 3.05) is 0 Å². The molecule has 1 aliphatic carbocycles. The molecule has 19 heavy (non-hydrogen) atoms. The van der Waals surface area contributed by atoms with Crippen LogP contribution >= 0.6 is 0 Å². The first-order valence-corrected chi connectivity index (χ1v) is 6.93. The number of carboxylic acid groups (broad SMARTS) is 1. The first-order valence-electron chi connectivity index (χ1n) is 5.38. The van der Waals surface area contributed by atoms with Crippen molar-refractivity contribution in [3.05, 3.63) is 23.8 Å². The van der Waals surface area contributed by atoms with E-state index in [1.54, 1.807) is 0 Å². The third-order valence-corrected chi connectivity index (χ3v) is 4.99. The number of halogens is 2. The van der Waals surface area contributed by atoms with Crippen molar-refractivity contribution in [3.63, 3.8) is 0 Å². The molecular weight excluding hydrogens is 282 g/mol. The van der Waals surface area contributed by atoms with Crippen molar-refractivity contribution in [2.24, 2.45) is 0 Å². The van der Waals surface area contributed by atoms with Crippen LogP contribution in [0.25, 0.3) is 0 Å². The number of aromatic carboxylic acids is 1. The SMILES string of the molecule is O=C(O)c1cc(OC(F)F)ccc1S(=O)(=O)C1CC1. The molecule has 104 valence electrons. The summed E-state index contributed by atoms with van der Waals surface area (Å²) in [5, 5.41) is 8.41. The molecule has 2 rings (SSSR count). The van der Waals surface area contributed by atoms with Gasteiger partial charge >= 0.3 is 12.6 Å². The maximum Gasteiger partial charge on any atom is 0.387 e. The van der Waals surface area contributed by atoms with Gasteiger partial charge in [-0.25, -0.2) is 13.2 Å². The van der Waals surface area contributed by atoms with E-state index >= 15 is 0 Å². The predicted molar refractivity (Wildman–Crippen MR) is 60.2 cm³/mol. The van der Waals surface area contributed by atoms with Crippen molar-refractivity contribution >= 4 is 15.8 Å². The van der Waals surface area contributed by atoms with Crippen LogP contribution in [0.1, 0.15) is 23.2 Å². The molecule has 1 aliphatic rings. The molecule has 0 heterocycles. The van der Waals surface area contributed by atoms with E-state index in [4.69, 9.17) is 5.11 Å². The first kappa shape index (κ1) is 13.7. The lowest BCUT2D eigenvalue weighted by atomic mass is 10.2. The van der Waals surface area contributed by atoms with Crippen LogP contribution in [0.2, 0.25) is 0 Å². The molecular formula is C11H10F2O5S. The Kier molecular flexibility index (Phi) is 3.44. The second-order valence-electron chi connectivity index (χ2n) is 4.09. The Hall–Kier alpha value is -1.70. The number of ether oxygens (including phenoxy) is 1. The Morgan fingerprint density at radius 1 is 1.37 bits per heavy atom. The van der Waals surface area contributed by atoms with Crippen molar-refractivity contribution in [1.29, 1.82) is 0 Å². The van der Waals surface area contributed by atoms with E-state index in [1.165, 1.54) is 0 Å². The van der Waals surface area contributed by atoms with Gasteiger partial charge in [0.25, 0.3) is 0 Å². The van der Waals surface area contributed by atoms with Gasteiger partial charge in [0, 0.05) is 0 Å². The summed E-state index contributed by atoms with van der Waals surface area (Å²) < 4.78 is 52.1. The summed E-state index contributed by atoms with van der Waals surface area (Å²) >= 11 is 0. The number of hydrogen-bond donors (Lipinski definition) is 1. The zero-order valence-electron chi connectivity index (χ0n) is 9.55. The van der Waals surface area contributed by atoms with Crippen LogP contribution in [0.5, 0.6) is 5.75 Å². The van der Waals surface area contributed by atoms with Gasteiger partial charge in [-0.05, 0) is 31.0 Å². The Labute approximate surface area is 107 Å². The van der Waals surface area contributed by atoms with E-state index in [1.807, 2.05) is 0 Å². The molecule has 1 saturated carbocycles. The van der Waals surface area contributed by atoms with Crippen LogP contribution in [-0.2, 0) is 9.84 Å². The fourth-order valence-corrected chi connectivity index (χ4v) is 3.48. The van der Waals surface area contributed by atoms with E-state index < -0.39 is 33.2 Å². The molecule has 1 fully saturated rings. The molecule has 1 aromatic rings. The van der Waals surface area contributed by atoms with E-state index in [0.717, 1.165) is 18.2 Å².